The molecule has 130 valence electrons. The molecule has 5 rings (SSSR count). The highest BCUT2D eigenvalue weighted by Crippen LogP contribution is 2.29. The van der Waals surface area contributed by atoms with Crippen LogP contribution in [0, 0.1) is 0 Å². The van der Waals surface area contributed by atoms with E-state index in [1.807, 2.05) is 54.6 Å². The molecule has 0 saturated heterocycles. The standard InChI is InChI=1S/C22H15N3O2/c26-22(27)15-7-5-6-14(12-15)13-25-19-11-4-1-8-16(19)20-21(25)24-18-10-3-2-9-17(18)23-20/h1-12H,13H2,(H,26,27). The summed E-state index contributed by atoms with van der Waals surface area (Å²) >= 11 is 0. The van der Waals surface area contributed by atoms with E-state index in [1.165, 1.54) is 0 Å². The number of aromatic carboxylic acids is 1. The number of hydrogen-bond acceptors (Lipinski definition) is 3. The third-order valence-electron chi connectivity index (χ3n) is 4.77. The summed E-state index contributed by atoms with van der Waals surface area (Å²) in [6.07, 6.45) is 0. The zero-order valence-electron chi connectivity index (χ0n) is 14.3. The number of hydrogen-bond donors (Lipinski definition) is 1. The third-order valence-corrected chi connectivity index (χ3v) is 4.77. The summed E-state index contributed by atoms with van der Waals surface area (Å²) in [4.78, 5) is 21.0. The second-order valence-corrected chi connectivity index (χ2v) is 6.49. The Bertz CT molecular complexity index is 1340. The minimum Gasteiger partial charge on any atom is -0.478 e. The van der Waals surface area contributed by atoms with Crippen molar-refractivity contribution in [3.63, 3.8) is 0 Å². The van der Waals surface area contributed by atoms with Crippen molar-refractivity contribution in [3.05, 3.63) is 83.9 Å². The molecule has 3 aromatic carbocycles. The average Bonchev–Trinajstić information content (AvgIpc) is 3.00. The second-order valence-electron chi connectivity index (χ2n) is 6.49. The molecule has 0 aliphatic carbocycles. The number of carboxylic acid groups (broad SMARTS) is 1. The lowest BCUT2D eigenvalue weighted by molar-refractivity contribution is 0.0696. The number of rotatable bonds is 3. The van der Waals surface area contributed by atoms with Gasteiger partial charge < -0.3 is 9.67 Å². The molecule has 0 saturated carbocycles. The van der Waals surface area contributed by atoms with Crippen molar-refractivity contribution in [2.24, 2.45) is 0 Å². The summed E-state index contributed by atoms with van der Waals surface area (Å²) in [5.41, 5.74) is 5.59. The van der Waals surface area contributed by atoms with Crippen molar-refractivity contribution in [3.8, 4) is 0 Å². The molecule has 0 fully saturated rings. The van der Waals surface area contributed by atoms with Crippen molar-refractivity contribution < 1.29 is 9.90 Å². The molecule has 0 amide bonds. The molecule has 0 radical (unpaired) electrons. The summed E-state index contributed by atoms with van der Waals surface area (Å²) in [6, 6.07) is 22.9. The Hall–Kier alpha value is -3.73. The predicted molar refractivity (Wildman–Crippen MR) is 105 cm³/mol. The first kappa shape index (κ1) is 15.5. The van der Waals surface area contributed by atoms with Gasteiger partial charge in [0.25, 0.3) is 0 Å². The molecule has 0 spiro atoms. The smallest absolute Gasteiger partial charge is 0.335 e. The van der Waals surface area contributed by atoms with E-state index in [4.69, 9.17) is 9.97 Å². The van der Waals surface area contributed by atoms with E-state index in [-0.39, 0.29) is 5.56 Å². The molecule has 0 unspecified atom stereocenters. The molecule has 0 aliphatic heterocycles. The molecule has 2 aromatic heterocycles. The SMILES string of the molecule is O=C(O)c1cccc(Cn2c3ccccc3c3nc4ccccc4nc32)c1. The monoisotopic (exact) mass is 353 g/mol. The molecular formula is C22H15N3O2. The van der Waals surface area contributed by atoms with Crippen LogP contribution in [0.3, 0.4) is 0 Å². The maximum Gasteiger partial charge on any atom is 0.335 e. The van der Waals surface area contributed by atoms with Gasteiger partial charge in [-0.05, 0) is 35.9 Å². The van der Waals surface area contributed by atoms with Crippen LogP contribution < -0.4 is 0 Å². The molecule has 0 atom stereocenters. The summed E-state index contributed by atoms with van der Waals surface area (Å²) in [6.45, 7) is 0.526. The van der Waals surface area contributed by atoms with Crippen LogP contribution in [-0.4, -0.2) is 25.6 Å². The van der Waals surface area contributed by atoms with Gasteiger partial charge in [-0.2, -0.15) is 0 Å². The Morgan fingerprint density at radius 1 is 0.889 bits per heavy atom. The van der Waals surface area contributed by atoms with Crippen LogP contribution >= 0.6 is 0 Å². The fourth-order valence-corrected chi connectivity index (χ4v) is 3.53. The van der Waals surface area contributed by atoms with Crippen LogP contribution in [0.5, 0.6) is 0 Å². The Morgan fingerprint density at radius 3 is 2.44 bits per heavy atom. The maximum atomic E-state index is 11.3. The van der Waals surface area contributed by atoms with E-state index in [0.29, 0.717) is 6.54 Å². The number of fused-ring (bicyclic) bond motifs is 4. The predicted octanol–water partition coefficient (Wildman–Crippen LogP) is 4.48. The minimum atomic E-state index is -0.926. The first-order valence-electron chi connectivity index (χ1n) is 8.67. The Balaban J connectivity index is 1.78. The Labute approximate surface area is 154 Å². The highest BCUT2D eigenvalue weighted by atomic mass is 16.4. The molecular weight excluding hydrogens is 338 g/mol. The molecule has 0 aliphatic rings. The lowest BCUT2D eigenvalue weighted by Gasteiger charge is -2.08. The number of aromatic nitrogens is 3. The van der Waals surface area contributed by atoms with Crippen LogP contribution in [0.25, 0.3) is 33.1 Å². The van der Waals surface area contributed by atoms with Gasteiger partial charge in [-0.15, -0.1) is 0 Å². The van der Waals surface area contributed by atoms with Crippen molar-refractivity contribution in [2.75, 3.05) is 0 Å². The first-order valence-corrected chi connectivity index (χ1v) is 8.67. The largest absolute Gasteiger partial charge is 0.478 e. The van der Waals surface area contributed by atoms with E-state index in [1.54, 1.807) is 18.2 Å². The Kier molecular flexibility index (Phi) is 3.40. The average molecular weight is 353 g/mol. The van der Waals surface area contributed by atoms with Crippen molar-refractivity contribution >= 4 is 39.1 Å². The van der Waals surface area contributed by atoms with E-state index < -0.39 is 5.97 Å². The van der Waals surface area contributed by atoms with Gasteiger partial charge in [0.05, 0.1) is 22.1 Å². The molecule has 2 heterocycles. The zero-order chi connectivity index (χ0) is 18.4. The molecule has 0 bridgehead atoms. The van der Waals surface area contributed by atoms with Gasteiger partial charge in [-0.25, -0.2) is 14.8 Å². The lowest BCUT2D eigenvalue weighted by Crippen LogP contribution is -2.03. The van der Waals surface area contributed by atoms with E-state index >= 15 is 0 Å². The van der Waals surface area contributed by atoms with Gasteiger partial charge in [-0.3, -0.25) is 0 Å². The fourth-order valence-electron chi connectivity index (χ4n) is 3.53. The van der Waals surface area contributed by atoms with Gasteiger partial charge >= 0.3 is 5.97 Å². The van der Waals surface area contributed by atoms with Gasteiger partial charge in [0.2, 0.25) is 0 Å². The lowest BCUT2D eigenvalue weighted by atomic mass is 10.1. The van der Waals surface area contributed by atoms with Gasteiger partial charge in [0, 0.05) is 11.9 Å². The van der Waals surface area contributed by atoms with E-state index in [9.17, 15) is 9.90 Å². The molecule has 5 heteroatoms. The number of carbonyl (C=O) groups is 1. The summed E-state index contributed by atoms with van der Waals surface area (Å²) in [5.74, 6) is -0.926. The highest BCUT2D eigenvalue weighted by molar-refractivity contribution is 6.06. The van der Waals surface area contributed by atoms with Crippen molar-refractivity contribution in [1.29, 1.82) is 0 Å². The third kappa shape index (κ3) is 2.52. The molecule has 27 heavy (non-hydrogen) atoms. The van der Waals surface area contributed by atoms with E-state index in [2.05, 4.69) is 4.57 Å². The molecule has 1 N–H and O–H groups in total. The van der Waals surface area contributed by atoms with Crippen LogP contribution in [-0.2, 0) is 6.54 Å². The fraction of sp³-hybridized carbons (Fsp3) is 0.0455. The highest BCUT2D eigenvalue weighted by Gasteiger charge is 2.15. The number of carboxylic acids is 1. The van der Waals surface area contributed by atoms with Gasteiger partial charge in [-0.1, -0.05) is 42.5 Å². The minimum absolute atomic E-state index is 0.282. The Morgan fingerprint density at radius 2 is 1.63 bits per heavy atom. The van der Waals surface area contributed by atoms with Crippen LogP contribution in [0.4, 0.5) is 0 Å². The molecule has 5 nitrogen and oxygen atoms in total. The van der Waals surface area contributed by atoms with Crippen molar-refractivity contribution in [2.45, 2.75) is 6.54 Å². The maximum absolute atomic E-state index is 11.3. The van der Waals surface area contributed by atoms with Crippen LogP contribution in [0.2, 0.25) is 0 Å². The second kappa shape index (κ2) is 5.92. The van der Waals surface area contributed by atoms with Gasteiger partial charge in [0.15, 0.2) is 5.65 Å². The van der Waals surface area contributed by atoms with Crippen LogP contribution in [0.1, 0.15) is 15.9 Å². The van der Waals surface area contributed by atoms with Crippen molar-refractivity contribution in [1.82, 2.24) is 14.5 Å². The number of para-hydroxylation sites is 3. The number of benzene rings is 3. The summed E-state index contributed by atoms with van der Waals surface area (Å²) in [7, 11) is 0. The topological polar surface area (TPSA) is 68.0 Å². The summed E-state index contributed by atoms with van der Waals surface area (Å²) < 4.78 is 2.10. The van der Waals surface area contributed by atoms with Crippen LogP contribution in [0.15, 0.2) is 72.8 Å². The normalized spacial score (nSPS) is 11.4. The van der Waals surface area contributed by atoms with Gasteiger partial charge in [0.1, 0.15) is 5.52 Å². The molecule has 5 aromatic rings. The zero-order valence-corrected chi connectivity index (χ0v) is 14.3. The summed E-state index contributed by atoms with van der Waals surface area (Å²) in [5, 5.41) is 10.3. The number of nitrogens with zero attached hydrogens (tertiary/aromatic N) is 3. The first-order chi connectivity index (χ1) is 13.2. The quantitative estimate of drug-likeness (QED) is 0.519. The van der Waals surface area contributed by atoms with E-state index in [0.717, 1.165) is 38.7 Å².